The maximum atomic E-state index is 3.66. The minimum atomic E-state index is 0. The molecule has 92 valence electrons. The fourth-order valence-corrected chi connectivity index (χ4v) is 0.555. The molecule has 0 saturated heterocycles. The van der Waals surface area contributed by atoms with Crippen LogP contribution < -0.4 is 0 Å². The number of hydrogen-bond donors (Lipinski definition) is 0. The fraction of sp³-hybridized carbons (Fsp3) is 0. The maximum Gasteiger partial charge on any atom is 3.00 e. The third-order valence-corrected chi connectivity index (χ3v) is 1.03. The predicted octanol–water partition coefficient (Wildman–Crippen LogP) is 2.80. The summed E-state index contributed by atoms with van der Waals surface area (Å²) in [5.41, 5.74) is 0. The molecule has 0 unspecified atom stereocenters. The topological polar surface area (TPSA) is 25.8 Å². The first-order chi connectivity index (χ1) is 6.00. The zero-order valence-corrected chi connectivity index (χ0v) is 14.0. The summed E-state index contributed by atoms with van der Waals surface area (Å²) in [6.07, 6.45) is 8.67. The van der Waals surface area contributed by atoms with Crippen LogP contribution >= 0.6 is 0 Å². The Labute approximate surface area is 135 Å². The van der Waals surface area contributed by atoms with Crippen molar-refractivity contribution in [3.05, 3.63) is 90.9 Å². The van der Waals surface area contributed by atoms with E-state index in [-0.39, 0.29) is 64.4 Å². The summed E-state index contributed by atoms with van der Waals surface area (Å²) in [7, 11) is 0. The van der Waals surface area contributed by atoms with Crippen LogP contribution in [0.5, 0.6) is 0 Å². The molecule has 0 N–H and O–H groups in total. The van der Waals surface area contributed by atoms with Crippen LogP contribution in [0.25, 0.3) is 0 Å². The van der Waals surface area contributed by atoms with E-state index in [1.54, 1.807) is 24.5 Å². The quantitative estimate of drug-likeness (QED) is 0.543. The number of hydrogen-bond acceptors (Lipinski definition) is 2. The van der Waals surface area contributed by atoms with Crippen molar-refractivity contribution >= 4 is 34.7 Å². The molecule has 2 nitrogen and oxygen atoms in total. The number of aromatic nitrogens is 2. The summed E-state index contributed by atoms with van der Waals surface area (Å²) < 4.78 is 0. The summed E-state index contributed by atoms with van der Waals surface area (Å²) in [6, 6.07) is 11.0. The zero-order valence-electron chi connectivity index (χ0n) is 11.7. The van der Waals surface area contributed by atoms with E-state index in [4.69, 9.17) is 0 Å². The van der Waals surface area contributed by atoms with Gasteiger partial charge in [0.05, 0.1) is 0 Å². The molecule has 2 rings (SSSR count). The van der Waals surface area contributed by atoms with Crippen LogP contribution in [0.2, 0.25) is 0 Å². The van der Waals surface area contributed by atoms with Crippen molar-refractivity contribution in [2.75, 3.05) is 0 Å². The molecule has 0 bridgehead atoms. The van der Waals surface area contributed by atoms with Crippen LogP contribution in [-0.4, -0.2) is 44.7 Å². The van der Waals surface area contributed by atoms with Gasteiger partial charge in [-0.05, 0) is 0 Å². The summed E-state index contributed by atoms with van der Waals surface area (Å²) in [6.45, 7) is 0. The van der Waals surface area contributed by atoms with Gasteiger partial charge < -0.3 is 39.7 Å². The maximum absolute atomic E-state index is 3.66. The summed E-state index contributed by atoms with van der Waals surface area (Å²) in [5.74, 6) is 0. The Balaban J connectivity index is -0.0000000300. The van der Waals surface area contributed by atoms with Crippen LogP contribution in [0.1, 0.15) is 0 Å². The molecule has 2 aromatic rings. The zero-order chi connectivity index (χ0) is 8.49. The SMILES string of the molecule is [Al+3].[Al+3].[CH3-].[CH3-].[CH3-].[CH3-].[c-]1ccccn1.[c-]1ccccn1. The van der Waals surface area contributed by atoms with E-state index in [2.05, 4.69) is 22.4 Å². The van der Waals surface area contributed by atoms with Crippen LogP contribution in [0.15, 0.2) is 48.8 Å². The second-order valence-corrected chi connectivity index (χ2v) is 1.92. The van der Waals surface area contributed by atoms with E-state index < -0.39 is 0 Å². The van der Waals surface area contributed by atoms with Gasteiger partial charge in [-0.15, -0.1) is 0 Å². The number of nitrogens with zero attached hydrogens (tertiary/aromatic N) is 2. The molecule has 0 amide bonds. The minimum Gasteiger partial charge on any atom is -0.394 e. The van der Waals surface area contributed by atoms with E-state index >= 15 is 0 Å². The van der Waals surface area contributed by atoms with Gasteiger partial charge in [0.1, 0.15) is 0 Å². The Morgan fingerprint density at radius 3 is 0.944 bits per heavy atom. The molecule has 0 atom stereocenters. The molecular weight excluding hydrogens is 250 g/mol. The minimum absolute atomic E-state index is 0. The van der Waals surface area contributed by atoms with Gasteiger partial charge in [0, 0.05) is 0 Å². The van der Waals surface area contributed by atoms with Gasteiger partial charge in [0.25, 0.3) is 0 Å². The predicted molar refractivity (Wildman–Crippen MR) is 83.3 cm³/mol. The largest absolute Gasteiger partial charge is 3.00 e. The first kappa shape index (κ1) is 36.0. The average molecular weight is 270 g/mol. The Morgan fingerprint density at radius 2 is 0.889 bits per heavy atom. The van der Waals surface area contributed by atoms with Crippen molar-refractivity contribution in [2.45, 2.75) is 0 Å². The molecule has 0 aliphatic carbocycles. The summed E-state index contributed by atoms with van der Waals surface area (Å²) >= 11 is 0. The van der Waals surface area contributed by atoms with Crippen LogP contribution in [0.3, 0.4) is 0 Å². The van der Waals surface area contributed by atoms with Crippen molar-refractivity contribution in [2.24, 2.45) is 0 Å². The van der Waals surface area contributed by atoms with E-state index in [0.29, 0.717) is 0 Å². The van der Waals surface area contributed by atoms with Crippen molar-refractivity contribution in [1.82, 2.24) is 9.97 Å². The second kappa shape index (κ2) is 29.9. The van der Waals surface area contributed by atoms with Gasteiger partial charge in [-0.1, -0.05) is 24.8 Å². The molecule has 0 aliphatic heterocycles. The van der Waals surface area contributed by atoms with Crippen molar-refractivity contribution < 1.29 is 0 Å². The van der Waals surface area contributed by atoms with Gasteiger partial charge in [-0.25, -0.2) is 0 Å². The van der Waals surface area contributed by atoms with Gasteiger partial charge in [0.15, 0.2) is 0 Å². The van der Waals surface area contributed by atoms with E-state index in [1.807, 2.05) is 24.3 Å². The molecule has 4 heteroatoms. The third-order valence-electron chi connectivity index (χ3n) is 1.03. The molecule has 0 radical (unpaired) electrons. The van der Waals surface area contributed by atoms with Gasteiger partial charge in [-0.2, -0.15) is 36.4 Å². The standard InChI is InChI=1S/2C5H4N.4CH3.2Al/c2*1-2-4-6-5-3-1;;;;;;/h2*1-4H;4*1H3;;/q6*-1;2*+3. The summed E-state index contributed by atoms with van der Waals surface area (Å²) in [5, 5.41) is 0. The van der Waals surface area contributed by atoms with Crippen molar-refractivity contribution in [1.29, 1.82) is 0 Å². The molecule has 0 aromatic carbocycles. The molecular formula is C14H20Al2N2. The normalized spacial score (nSPS) is 5.33. The summed E-state index contributed by atoms with van der Waals surface area (Å²) in [4.78, 5) is 7.32. The smallest absolute Gasteiger partial charge is 0.394 e. The van der Waals surface area contributed by atoms with Crippen LogP contribution in [0.4, 0.5) is 0 Å². The molecule has 2 aromatic heterocycles. The Bertz CT molecular complexity index is 193. The Kier molecular flexibility index (Phi) is 59.8. The average Bonchev–Trinajstić information content (AvgIpc) is 2.24. The first-order valence-corrected chi connectivity index (χ1v) is 3.54. The van der Waals surface area contributed by atoms with E-state index in [0.717, 1.165) is 0 Å². The van der Waals surface area contributed by atoms with E-state index in [9.17, 15) is 0 Å². The molecule has 0 spiro atoms. The second-order valence-electron chi connectivity index (χ2n) is 1.92. The first-order valence-electron chi connectivity index (χ1n) is 3.54. The fourth-order valence-electron chi connectivity index (χ4n) is 0.555. The molecule has 0 saturated carbocycles. The number of rotatable bonds is 0. The third kappa shape index (κ3) is 24.5. The van der Waals surface area contributed by atoms with Crippen molar-refractivity contribution in [3.8, 4) is 0 Å². The van der Waals surface area contributed by atoms with Crippen LogP contribution in [0, 0.1) is 42.1 Å². The number of pyridine rings is 2. The Morgan fingerprint density at radius 1 is 0.556 bits per heavy atom. The Hall–Kier alpha value is -0.635. The van der Waals surface area contributed by atoms with Gasteiger partial charge >= 0.3 is 34.7 Å². The molecule has 2 heterocycles. The molecule has 0 fully saturated rings. The molecule has 0 aliphatic rings. The van der Waals surface area contributed by atoms with Gasteiger partial charge in [0.2, 0.25) is 0 Å². The monoisotopic (exact) mass is 270 g/mol. The van der Waals surface area contributed by atoms with Crippen molar-refractivity contribution in [3.63, 3.8) is 0 Å². The molecule has 18 heavy (non-hydrogen) atoms. The van der Waals surface area contributed by atoms with Gasteiger partial charge in [-0.3, -0.25) is 0 Å². The van der Waals surface area contributed by atoms with E-state index in [1.165, 1.54) is 0 Å². The van der Waals surface area contributed by atoms with Crippen LogP contribution in [-0.2, 0) is 0 Å².